The summed E-state index contributed by atoms with van der Waals surface area (Å²) in [4.78, 5) is 26.0. The smallest absolute Gasteiger partial charge is 0.327 e. The number of carboxylic acid groups (broad SMARTS) is 1. The fourth-order valence-corrected chi connectivity index (χ4v) is 3.76. The molecule has 0 unspecified atom stereocenters. The molecule has 1 fully saturated rings. The summed E-state index contributed by atoms with van der Waals surface area (Å²) in [6.45, 7) is 5.69. The number of amides is 1. The number of thioether (sulfide) groups is 1. The molecule has 0 spiro atoms. The summed E-state index contributed by atoms with van der Waals surface area (Å²) in [5, 5.41) is 9.51. The number of nitrogens with zero attached hydrogens (tertiary/aromatic N) is 1. The summed E-state index contributed by atoms with van der Waals surface area (Å²) in [6, 6.07) is 6.80. The van der Waals surface area contributed by atoms with Crippen LogP contribution in [0.2, 0.25) is 0 Å². The largest absolute Gasteiger partial charge is 0.480 e. The molecular weight excluding hydrogens is 330 g/mol. The molecule has 2 rings (SSSR count). The van der Waals surface area contributed by atoms with Crippen LogP contribution in [-0.4, -0.2) is 32.2 Å². The number of aliphatic carboxylic acids is 1. The van der Waals surface area contributed by atoms with Crippen molar-refractivity contribution in [3.63, 3.8) is 0 Å². The Hall–Kier alpha value is -1.66. The van der Waals surface area contributed by atoms with Gasteiger partial charge in [0.05, 0.1) is 4.91 Å². The van der Waals surface area contributed by atoms with Gasteiger partial charge >= 0.3 is 5.97 Å². The van der Waals surface area contributed by atoms with Gasteiger partial charge in [-0.1, -0.05) is 68.5 Å². The van der Waals surface area contributed by atoms with Gasteiger partial charge in [0, 0.05) is 0 Å². The highest BCUT2D eigenvalue weighted by Gasteiger charge is 2.42. The van der Waals surface area contributed by atoms with Gasteiger partial charge in [-0.15, -0.1) is 0 Å². The Balaban J connectivity index is 2.36. The number of carboxylic acids is 1. The van der Waals surface area contributed by atoms with Gasteiger partial charge in [0.2, 0.25) is 0 Å². The molecule has 1 amide bonds. The number of carbonyl (C=O) groups excluding carboxylic acids is 1. The van der Waals surface area contributed by atoms with Gasteiger partial charge in [-0.2, -0.15) is 0 Å². The van der Waals surface area contributed by atoms with Gasteiger partial charge in [0.25, 0.3) is 5.91 Å². The van der Waals surface area contributed by atoms with Crippen LogP contribution in [0.5, 0.6) is 0 Å². The third kappa shape index (κ3) is 3.64. The normalized spacial score (nSPS) is 19.3. The summed E-state index contributed by atoms with van der Waals surface area (Å²) in [6.07, 6.45) is 2.44. The Labute approximate surface area is 145 Å². The average Bonchev–Trinajstić information content (AvgIpc) is 2.77. The van der Waals surface area contributed by atoms with E-state index in [1.165, 1.54) is 4.90 Å². The lowest BCUT2D eigenvalue weighted by Crippen LogP contribution is -2.47. The van der Waals surface area contributed by atoms with E-state index in [2.05, 4.69) is 0 Å². The van der Waals surface area contributed by atoms with E-state index >= 15 is 0 Å². The molecule has 1 heterocycles. The monoisotopic (exact) mass is 349 g/mol. The minimum Gasteiger partial charge on any atom is -0.480 e. The van der Waals surface area contributed by atoms with E-state index < -0.39 is 12.0 Å². The Bertz CT molecular complexity index is 684. The molecule has 122 valence electrons. The van der Waals surface area contributed by atoms with Crippen molar-refractivity contribution in [2.75, 3.05) is 0 Å². The van der Waals surface area contributed by atoms with Crippen LogP contribution in [-0.2, 0) is 9.59 Å². The van der Waals surface area contributed by atoms with Crippen LogP contribution in [0.1, 0.15) is 31.4 Å². The molecule has 1 N–H and O–H groups in total. The van der Waals surface area contributed by atoms with Crippen molar-refractivity contribution < 1.29 is 14.7 Å². The lowest BCUT2D eigenvalue weighted by molar-refractivity contribution is -0.147. The molecule has 1 aliphatic rings. The Morgan fingerprint density at radius 2 is 2.09 bits per heavy atom. The number of rotatable bonds is 5. The molecule has 1 saturated heterocycles. The molecule has 1 aromatic rings. The zero-order valence-electron chi connectivity index (χ0n) is 13.3. The molecule has 6 heteroatoms. The molecule has 1 aromatic carbocycles. The quantitative estimate of drug-likeness (QED) is 0.649. The highest BCUT2D eigenvalue weighted by molar-refractivity contribution is 8.26. The first kappa shape index (κ1) is 17.7. The van der Waals surface area contributed by atoms with E-state index in [-0.39, 0.29) is 11.8 Å². The minimum atomic E-state index is -1.02. The third-order valence-corrected chi connectivity index (χ3v) is 5.34. The molecule has 4 nitrogen and oxygen atoms in total. The molecule has 0 radical (unpaired) electrons. The second kappa shape index (κ2) is 7.27. The molecule has 23 heavy (non-hydrogen) atoms. The Morgan fingerprint density at radius 3 is 2.65 bits per heavy atom. The molecule has 0 saturated carbocycles. The fraction of sp³-hybridized carbons (Fsp3) is 0.353. The van der Waals surface area contributed by atoms with Crippen molar-refractivity contribution in [2.24, 2.45) is 5.92 Å². The van der Waals surface area contributed by atoms with Crippen molar-refractivity contribution in [1.82, 2.24) is 4.90 Å². The summed E-state index contributed by atoms with van der Waals surface area (Å²) in [5.41, 5.74) is 1.98. The van der Waals surface area contributed by atoms with Gasteiger partial charge in [-0.05, 0) is 30.0 Å². The van der Waals surface area contributed by atoms with Gasteiger partial charge in [-0.25, -0.2) is 4.79 Å². The van der Waals surface area contributed by atoms with E-state index in [0.717, 1.165) is 22.9 Å². The summed E-state index contributed by atoms with van der Waals surface area (Å²) in [5.74, 6) is -1.52. The molecular formula is C17H19NO3S2. The first-order valence-corrected chi connectivity index (χ1v) is 8.64. The van der Waals surface area contributed by atoms with Crippen LogP contribution >= 0.6 is 24.0 Å². The van der Waals surface area contributed by atoms with Crippen molar-refractivity contribution in [2.45, 2.75) is 33.2 Å². The summed E-state index contributed by atoms with van der Waals surface area (Å²) in [7, 11) is 0. The molecule has 1 aliphatic heterocycles. The van der Waals surface area contributed by atoms with Crippen LogP contribution in [0.3, 0.4) is 0 Å². The van der Waals surface area contributed by atoms with Gasteiger partial charge < -0.3 is 5.11 Å². The maximum atomic E-state index is 12.7. The average molecular weight is 349 g/mol. The first-order chi connectivity index (χ1) is 10.9. The second-order valence-corrected chi connectivity index (χ2v) is 7.25. The molecule has 0 bridgehead atoms. The maximum Gasteiger partial charge on any atom is 0.327 e. The number of hydrogen-bond donors (Lipinski definition) is 1. The fourth-order valence-electron chi connectivity index (χ4n) is 2.44. The predicted molar refractivity (Wildman–Crippen MR) is 97.1 cm³/mol. The third-order valence-electron chi connectivity index (χ3n) is 4.01. The minimum absolute atomic E-state index is 0.173. The van der Waals surface area contributed by atoms with E-state index in [0.29, 0.717) is 15.6 Å². The number of aryl methyl sites for hydroxylation is 1. The van der Waals surface area contributed by atoms with Gasteiger partial charge in [0.1, 0.15) is 10.4 Å². The predicted octanol–water partition coefficient (Wildman–Crippen LogP) is 3.70. The van der Waals surface area contributed by atoms with Crippen LogP contribution in [0.25, 0.3) is 6.08 Å². The standard InChI is InChI=1S/C17H19NO3S2/c1-4-10(2)14(16(20)21)18-15(19)13(23-17(18)22)9-12-8-6-5-7-11(12)3/h5-10,14H,4H2,1-3H3,(H,20,21)/b13-9-/t10-,14-/m0/s1. The van der Waals surface area contributed by atoms with Crippen LogP contribution < -0.4 is 0 Å². The first-order valence-electron chi connectivity index (χ1n) is 7.42. The van der Waals surface area contributed by atoms with Crippen molar-refractivity contribution >= 4 is 46.3 Å². The number of thiocarbonyl (C=S) groups is 1. The van der Waals surface area contributed by atoms with E-state index in [9.17, 15) is 14.7 Å². The van der Waals surface area contributed by atoms with Crippen LogP contribution in [0.15, 0.2) is 29.2 Å². The Morgan fingerprint density at radius 1 is 1.43 bits per heavy atom. The lowest BCUT2D eigenvalue weighted by atomic mass is 9.98. The topological polar surface area (TPSA) is 57.6 Å². The summed E-state index contributed by atoms with van der Waals surface area (Å²) < 4.78 is 0.308. The molecule has 2 atom stereocenters. The zero-order valence-corrected chi connectivity index (χ0v) is 14.9. The lowest BCUT2D eigenvalue weighted by Gasteiger charge is -2.27. The van der Waals surface area contributed by atoms with Crippen LogP contribution in [0, 0.1) is 12.8 Å². The number of benzene rings is 1. The zero-order chi connectivity index (χ0) is 17.1. The van der Waals surface area contributed by atoms with Crippen molar-refractivity contribution in [3.8, 4) is 0 Å². The van der Waals surface area contributed by atoms with E-state index in [1.54, 1.807) is 6.08 Å². The highest BCUT2D eigenvalue weighted by atomic mass is 32.2. The maximum absolute atomic E-state index is 12.7. The molecule has 0 aliphatic carbocycles. The van der Waals surface area contributed by atoms with E-state index in [4.69, 9.17) is 12.2 Å². The van der Waals surface area contributed by atoms with Gasteiger partial charge in [-0.3, -0.25) is 9.69 Å². The van der Waals surface area contributed by atoms with Crippen LogP contribution in [0.4, 0.5) is 0 Å². The number of hydrogen-bond acceptors (Lipinski definition) is 4. The number of carbonyl (C=O) groups is 2. The van der Waals surface area contributed by atoms with Gasteiger partial charge in [0.15, 0.2) is 0 Å². The van der Waals surface area contributed by atoms with E-state index in [1.807, 2.05) is 45.0 Å². The second-order valence-electron chi connectivity index (χ2n) is 5.58. The van der Waals surface area contributed by atoms with Crippen molar-refractivity contribution in [3.05, 3.63) is 40.3 Å². The highest BCUT2D eigenvalue weighted by Crippen LogP contribution is 2.36. The molecule has 0 aromatic heterocycles. The Kier molecular flexibility index (Phi) is 5.59. The SMILES string of the molecule is CC[C@H](C)[C@@H](C(=O)O)N1C(=O)/C(=C/c2ccccc2C)SC1=S. The van der Waals surface area contributed by atoms with Crippen molar-refractivity contribution in [1.29, 1.82) is 0 Å². The summed E-state index contributed by atoms with van der Waals surface area (Å²) >= 11 is 6.43.